The highest BCUT2D eigenvalue weighted by Gasteiger charge is 2.35. The standard InChI is InChI=1S/C14H14N2O8/c1-22-13(18)9-6-24-7-15(12(9)14(19)23-2)10-4-3-8(17)5-11(10)16(20)21/h3-5,17H,6-7H2,1-2H3. The van der Waals surface area contributed by atoms with Gasteiger partial charge in [-0.25, -0.2) is 9.59 Å². The number of aromatic hydroxyl groups is 1. The number of rotatable bonds is 4. The van der Waals surface area contributed by atoms with Crippen LogP contribution in [-0.4, -0.2) is 49.5 Å². The van der Waals surface area contributed by atoms with Gasteiger partial charge in [-0.15, -0.1) is 0 Å². The van der Waals surface area contributed by atoms with E-state index in [-0.39, 0.29) is 36.0 Å². The van der Waals surface area contributed by atoms with E-state index in [4.69, 9.17) is 4.74 Å². The summed E-state index contributed by atoms with van der Waals surface area (Å²) in [6.07, 6.45) is 0. The van der Waals surface area contributed by atoms with E-state index in [0.29, 0.717) is 0 Å². The van der Waals surface area contributed by atoms with Gasteiger partial charge in [-0.1, -0.05) is 0 Å². The molecule has 1 aromatic carbocycles. The summed E-state index contributed by atoms with van der Waals surface area (Å²) in [6, 6.07) is 3.38. The van der Waals surface area contributed by atoms with Crippen molar-refractivity contribution in [3.05, 3.63) is 39.6 Å². The van der Waals surface area contributed by atoms with Crippen molar-refractivity contribution in [1.29, 1.82) is 0 Å². The van der Waals surface area contributed by atoms with Gasteiger partial charge in [-0.05, 0) is 12.1 Å². The maximum Gasteiger partial charge on any atom is 0.355 e. The molecule has 10 nitrogen and oxygen atoms in total. The summed E-state index contributed by atoms with van der Waals surface area (Å²) < 4.78 is 14.5. The number of methoxy groups -OCH3 is 2. The second-order valence-corrected chi connectivity index (χ2v) is 4.65. The summed E-state index contributed by atoms with van der Waals surface area (Å²) in [4.78, 5) is 35.6. The molecule has 0 bridgehead atoms. The number of esters is 2. The van der Waals surface area contributed by atoms with Gasteiger partial charge in [0.15, 0.2) is 0 Å². The fourth-order valence-corrected chi connectivity index (χ4v) is 2.22. The predicted molar refractivity (Wildman–Crippen MR) is 79.1 cm³/mol. The van der Waals surface area contributed by atoms with E-state index in [2.05, 4.69) is 9.47 Å². The molecule has 0 spiro atoms. The average molecular weight is 338 g/mol. The van der Waals surface area contributed by atoms with Crippen molar-refractivity contribution in [3.8, 4) is 5.75 Å². The number of anilines is 1. The molecular weight excluding hydrogens is 324 g/mol. The van der Waals surface area contributed by atoms with E-state index in [1.54, 1.807) is 0 Å². The first-order valence-electron chi connectivity index (χ1n) is 6.63. The van der Waals surface area contributed by atoms with Gasteiger partial charge < -0.3 is 24.2 Å². The number of hydrogen-bond donors (Lipinski definition) is 1. The number of phenols is 1. The fraction of sp³-hybridized carbons (Fsp3) is 0.286. The maximum absolute atomic E-state index is 12.1. The Kier molecular flexibility index (Phi) is 4.99. The summed E-state index contributed by atoms with van der Waals surface area (Å²) in [5, 5.41) is 20.7. The molecular formula is C14H14N2O8. The van der Waals surface area contributed by atoms with Crippen molar-refractivity contribution < 1.29 is 33.8 Å². The van der Waals surface area contributed by atoms with Gasteiger partial charge in [0.1, 0.15) is 23.9 Å². The molecule has 0 unspecified atom stereocenters. The summed E-state index contributed by atoms with van der Waals surface area (Å²) in [7, 11) is 2.25. The Morgan fingerprint density at radius 2 is 1.96 bits per heavy atom. The van der Waals surface area contributed by atoms with Crippen LogP contribution in [0.5, 0.6) is 5.75 Å². The third-order valence-electron chi connectivity index (χ3n) is 3.28. The van der Waals surface area contributed by atoms with Gasteiger partial charge in [-0.3, -0.25) is 10.1 Å². The summed E-state index contributed by atoms with van der Waals surface area (Å²) in [6.45, 7) is -0.434. The Balaban J connectivity index is 2.66. The zero-order valence-corrected chi connectivity index (χ0v) is 12.8. The summed E-state index contributed by atoms with van der Waals surface area (Å²) in [5.74, 6) is -2.01. The van der Waals surface area contributed by atoms with E-state index >= 15 is 0 Å². The van der Waals surface area contributed by atoms with E-state index in [0.717, 1.165) is 25.2 Å². The number of ether oxygens (including phenoxy) is 3. The number of carbonyl (C=O) groups excluding carboxylic acids is 2. The number of benzene rings is 1. The molecule has 0 aliphatic carbocycles. The van der Waals surface area contributed by atoms with Crippen molar-refractivity contribution in [3.63, 3.8) is 0 Å². The van der Waals surface area contributed by atoms with Crippen molar-refractivity contribution >= 4 is 23.3 Å². The smallest absolute Gasteiger partial charge is 0.355 e. The molecule has 2 rings (SSSR count). The van der Waals surface area contributed by atoms with Gasteiger partial charge in [0, 0.05) is 0 Å². The van der Waals surface area contributed by atoms with Crippen LogP contribution in [0.15, 0.2) is 29.5 Å². The van der Waals surface area contributed by atoms with E-state index < -0.39 is 22.5 Å². The van der Waals surface area contributed by atoms with E-state index in [9.17, 15) is 24.8 Å². The molecule has 24 heavy (non-hydrogen) atoms. The Labute approximate surface area is 136 Å². The molecule has 10 heteroatoms. The number of nitrogens with zero attached hydrogens (tertiary/aromatic N) is 2. The van der Waals surface area contributed by atoms with Crippen molar-refractivity contribution in [1.82, 2.24) is 0 Å². The van der Waals surface area contributed by atoms with Crippen LogP contribution in [0.25, 0.3) is 0 Å². The zero-order chi connectivity index (χ0) is 17.9. The van der Waals surface area contributed by atoms with Gasteiger partial charge in [0.25, 0.3) is 5.69 Å². The predicted octanol–water partition coefficient (Wildman–Crippen LogP) is 0.695. The molecule has 1 N–H and O–H groups in total. The zero-order valence-electron chi connectivity index (χ0n) is 12.8. The topological polar surface area (TPSA) is 128 Å². The van der Waals surface area contributed by atoms with Crippen LogP contribution in [0.3, 0.4) is 0 Å². The quantitative estimate of drug-likeness (QED) is 0.479. The van der Waals surface area contributed by atoms with Gasteiger partial charge in [-0.2, -0.15) is 0 Å². The third kappa shape index (κ3) is 3.13. The lowest BCUT2D eigenvalue weighted by atomic mass is 10.1. The van der Waals surface area contributed by atoms with Crippen LogP contribution < -0.4 is 4.90 Å². The molecule has 1 heterocycles. The Morgan fingerprint density at radius 1 is 1.29 bits per heavy atom. The van der Waals surface area contributed by atoms with Crippen LogP contribution in [0.2, 0.25) is 0 Å². The Morgan fingerprint density at radius 3 is 2.54 bits per heavy atom. The molecule has 0 aromatic heterocycles. The molecule has 0 fully saturated rings. The first kappa shape index (κ1) is 17.2. The normalized spacial score (nSPS) is 14.3. The second kappa shape index (κ2) is 6.96. The van der Waals surface area contributed by atoms with Crippen LogP contribution >= 0.6 is 0 Å². The summed E-state index contributed by atoms with van der Waals surface area (Å²) >= 11 is 0. The first-order valence-corrected chi connectivity index (χ1v) is 6.63. The molecule has 1 aliphatic heterocycles. The molecule has 0 amide bonds. The minimum Gasteiger partial charge on any atom is -0.508 e. The molecule has 0 atom stereocenters. The fourth-order valence-electron chi connectivity index (χ4n) is 2.22. The molecule has 0 radical (unpaired) electrons. The molecule has 128 valence electrons. The number of hydrogen-bond acceptors (Lipinski definition) is 9. The lowest BCUT2D eigenvalue weighted by Crippen LogP contribution is -2.39. The van der Waals surface area contributed by atoms with Crippen LogP contribution in [0.4, 0.5) is 11.4 Å². The lowest BCUT2D eigenvalue weighted by molar-refractivity contribution is -0.384. The number of carbonyl (C=O) groups is 2. The second-order valence-electron chi connectivity index (χ2n) is 4.65. The average Bonchev–Trinajstić information content (AvgIpc) is 2.59. The third-order valence-corrected chi connectivity index (χ3v) is 3.28. The van der Waals surface area contributed by atoms with Crippen LogP contribution in [0.1, 0.15) is 0 Å². The van der Waals surface area contributed by atoms with E-state index in [1.165, 1.54) is 12.1 Å². The highest BCUT2D eigenvalue weighted by atomic mass is 16.6. The van der Waals surface area contributed by atoms with Gasteiger partial charge in [0.05, 0.1) is 37.4 Å². The molecule has 1 aromatic rings. The SMILES string of the molecule is COC(=O)C1=C(C(=O)OC)N(c2ccc(O)cc2[N+](=O)[O-])COC1. The van der Waals surface area contributed by atoms with Crippen LogP contribution in [-0.2, 0) is 23.8 Å². The maximum atomic E-state index is 12.1. The first-order chi connectivity index (χ1) is 11.4. The van der Waals surface area contributed by atoms with Gasteiger partial charge in [0.2, 0.25) is 0 Å². The molecule has 0 saturated carbocycles. The minimum absolute atomic E-state index is 0.0423. The largest absolute Gasteiger partial charge is 0.508 e. The van der Waals surface area contributed by atoms with Crippen LogP contribution in [0, 0.1) is 10.1 Å². The highest BCUT2D eigenvalue weighted by molar-refractivity contribution is 6.03. The van der Waals surface area contributed by atoms with Crippen molar-refractivity contribution in [2.75, 3.05) is 32.5 Å². The monoisotopic (exact) mass is 338 g/mol. The van der Waals surface area contributed by atoms with E-state index in [1.807, 2.05) is 0 Å². The Bertz CT molecular complexity index is 727. The number of nitro benzene ring substituents is 1. The number of phenolic OH excluding ortho intramolecular Hbond substituents is 1. The molecule has 0 saturated heterocycles. The van der Waals surface area contributed by atoms with Crippen molar-refractivity contribution in [2.45, 2.75) is 0 Å². The van der Waals surface area contributed by atoms with Crippen molar-refractivity contribution in [2.24, 2.45) is 0 Å². The van der Waals surface area contributed by atoms with Gasteiger partial charge >= 0.3 is 11.9 Å². The number of nitro groups is 1. The highest BCUT2D eigenvalue weighted by Crippen LogP contribution is 2.36. The molecule has 1 aliphatic rings. The Hall–Kier alpha value is -3.14. The lowest BCUT2D eigenvalue weighted by Gasteiger charge is -2.30. The summed E-state index contributed by atoms with van der Waals surface area (Å²) in [5.41, 5.74) is -0.854. The minimum atomic E-state index is -0.874.